The molecule has 0 radical (unpaired) electrons. The summed E-state index contributed by atoms with van der Waals surface area (Å²) in [7, 11) is 0. The van der Waals surface area contributed by atoms with Crippen molar-refractivity contribution in [2.75, 3.05) is 26.2 Å². The number of hydrogen-bond acceptors (Lipinski definition) is 2. The second-order valence-electron chi connectivity index (χ2n) is 5.59. The summed E-state index contributed by atoms with van der Waals surface area (Å²) in [6.45, 7) is 7.43. The van der Waals surface area contributed by atoms with Gasteiger partial charge in [-0.25, -0.2) is 0 Å². The molecule has 17 heavy (non-hydrogen) atoms. The Morgan fingerprint density at radius 3 is 2.41 bits per heavy atom. The van der Waals surface area contributed by atoms with Crippen LogP contribution in [0.15, 0.2) is 0 Å². The van der Waals surface area contributed by atoms with Crippen LogP contribution in [0.25, 0.3) is 0 Å². The van der Waals surface area contributed by atoms with Crippen LogP contribution in [0.5, 0.6) is 0 Å². The van der Waals surface area contributed by atoms with Gasteiger partial charge in [0.05, 0.1) is 0 Å². The minimum atomic E-state index is 0. The normalized spacial score (nSPS) is 26.8. The lowest BCUT2D eigenvalue weighted by atomic mass is 9.92. The van der Waals surface area contributed by atoms with Gasteiger partial charge in [0, 0.05) is 12.6 Å². The van der Waals surface area contributed by atoms with Crippen molar-refractivity contribution in [2.45, 2.75) is 57.9 Å². The maximum atomic E-state index is 3.54. The van der Waals surface area contributed by atoms with Crippen molar-refractivity contribution in [1.82, 2.24) is 10.2 Å². The lowest BCUT2D eigenvalue weighted by Crippen LogP contribution is -2.43. The molecule has 2 rings (SSSR count). The van der Waals surface area contributed by atoms with Crippen molar-refractivity contribution < 1.29 is 0 Å². The summed E-state index contributed by atoms with van der Waals surface area (Å²) in [6.07, 6.45) is 10.1. The molecule has 0 aromatic rings. The Balaban J connectivity index is 0.00000144. The number of halogens is 1. The summed E-state index contributed by atoms with van der Waals surface area (Å²) >= 11 is 0. The molecule has 1 unspecified atom stereocenters. The molecular formula is C14H29ClN2. The Labute approximate surface area is 113 Å². The predicted octanol–water partition coefficient (Wildman–Crippen LogP) is 3.06. The standard InChI is InChI=1S/C14H28N2.ClH/c1-2-16(14-8-4-3-5-9-14)12-13-7-6-10-15-11-13;/h13-15H,2-12H2,1H3;1H. The molecule has 1 atom stereocenters. The second-order valence-corrected chi connectivity index (χ2v) is 5.59. The fourth-order valence-corrected chi connectivity index (χ4v) is 3.39. The highest BCUT2D eigenvalue weighted by Gasteiger charge is 2.23. The number of hydrogen-bond donors (Lipinski definition) is 1. The van der Waals surface area contributed by atoms with Crippen LogP contribution in [0.4, 0.5) is 0 Å². The molecule has 0 aromatic heterocycles. The SMILES string of the molecule is CCN(CC1CCCNC1)C1CCCCC1.Cl. The molecule has 0 spiro atoms. The number of rotatable bonds is 4. The highest BCUT2D eigenvalue weighted by molar-refractivity contribution is 5.85. The summed E-state index contributed by atoms with van der Waals surface area (Å²) in [4.78, 5) is 2.76. The first-order valence-corrected chi connectivity index (χ1v) is 7.35. The zero-order chi connectivity index (χ0) is 11.2. The van der Waals surface area contributed by atoms with Crippen molar-refractivity contribution >= 4 is 12.4 Å². The summed E-state index contributed by atoms with van der Waals surface area (Å²) < 4.78 is 0. The lowest BCUT2D eigenvalue weighted by Gasteiger charge is -2.37. The van der Waals surface area contributed by atoms with E-state index in [1.54, 1.807) is 0 Å². The zero-order valence-electron chi connectivity index (χ0n) is 11.3. The van der Waals surface area contributed by atoms with Crippen LogP contribution in [0.2, 0.25) is 0 Å². The van der Waals surface area contributed by atoms with Crippen molar-refractivity contribution in [1.29, 1.82) is 0 Å². The third kappa shape index (κ3) is 4.76. The van der Waals surface area contributed by atoms with E-state index in [9.17, 15) is 0 Å². The van der Waals surface area contributed by atoms with Crippen LogP contribution < -0.4 is 5.32 Å². The molecule has 102 valence electrons. The van der Waals surface area contributed by atoms with E-state index in [4.69, 9.17) is 0 Å². The smallest absolute Gasteiger partial charge is 0.00952 e. The van der Waals surface area contributed by atoms with Crippen molar-refractivity contribution in [3.05, 3.63) is 0 Å². The Hall–Kier alpha value is 0.210. The van der Waals surface area contributed by atoms with Crippen LogP contribution in [-0.2, 0) is 0 Å². The van der Waals surface area contributed by atoms with Crippen LogP contribution in [-0.4, -0.2) is 37.1 Å². The van der Waals surface area contributed by atoms with Crippen molar-refractivity contribution in [3.8, 4) is 0 Å². The largest absolute Gasteiger partial charge is 0.316 e. The molecule has 1 aliphatic heterocycles. The van der Waals surface area contributed by atoms with E-state index in [0.717, 1.165) is 12.0 Å². The zero-order valence-corrected chi connectivity index (χ0v) is 12.1. The molecule has 1 N–H and O–H groups in total. The van der Waals surface area contributed by atoms with E-state index in [-0.39, 0.29) is 12.4 Å². The highest BCUT2D eigenvalue weighted by atomic mass is 35.5. The van der Waals surface area contributed by atoms with E-state index in [1.807, 2.05) is 0 Å². The highest BCUT2D eigenvalue weighted by Crippen LogP contribution is 2.24. The Kier molecular flexibility index (Phi) is 7.49. The molecule has 1 saturated heterocycles. The number of nitrogens with zero attached hydrogens (tertiary/aromatic N) is 1. The van der Waals surface area contributed by atoms with Crippen LogP contribution >= 0.6 is 12.4 Å². The molecule has 3 heteroatoms. The summed E-state index contributed by atoms with van der Waals surface area (Å²) in [5.41, 5.74) is 0. The van der Waals surface area contributed by atoms with Gasteiger partial charge in [-0.05, 0) is 51.2 Å². The van der Waals surface area contributed by atoms with Gasteiger partial charge in [0.25, 0.3) is 0 Å². The first kappa shape index (κ1) is 15.3. The van der Waals surface area contributed by atoms with E-state index >= 15 is 0 Å². The fraction of sp³-hybridized carbons (Fsp3) is 1.00. The van der Waals surface area contributed by atoms with Gasteiger partial charge in [-0.3, -0.25) is 0 Å². The van der Waals surface area contributed by atoms with Gasteiger partial charge >= 0.3 is 0 Å². The molecule has 1 saturated carbocycles. The van der Waals surface area contributed by atoms with Gasteiger partial charge in [-0.2, -0.15) is 0 Å². The second kappa shape index (κ2) is 8.34. The molecule has 2 fully saturated rings. The molecule has 2 aliphatic rings. The van der Waals surface area contributed by atoms with Crippen molar-refractivity contribution in [2.24, 2.45) is 5.92 Å². The quantitative estimate of drug-likeness (QED) is 0.836. The molecule has 0 bridgehead atoms. The minimum Gasteiger partial charge on any atom is -0.316 e. The van der Waals surface area contributed by atoms with Gasteiger partial charge in [0.1, 0.15) is 0 Å². The predicted molar refractivity (Wildman–Crippen MR) is 77.0 cm³/mol. The summed E-state index contributed by atoms with van der Waals surface area (Å²) in [6, 6.07) is 0.903. The third-order valence-electron chi connectivity index (χ3n) is 4.39. The average molecular weight is 261 g/mol. The first-order chi connectivity index (χ1) is 7.90. The molecular weight excluding hydrogens is 232 g/mol. The molecule has 1 aliphatic carbocycles. The maximum Gasteiger partial charge on any atom is 0.00952 e. The van der Waals surface area contributed by atoms with Crippen LogP contribution in [0.1, 0.15) is 51.9 Å². The molecule has 0 aromatic carbocycles. The van der Waals surface area contributed by atoms with Crippen molar-refractivity contribution in [3.63, 3.8) is 0 Å². The lowest BCUT2D eigenvalue weighted by molar-refractivity contribution is 0.131. The Bertz CT molecular complexity index is 187. The van der Waals surface area contributed by atoms with Gasteiger partial charge in [-0.1, -0.05) is 26.2 Å². The van der Waals surface area contributed by atoms with Gasteiger partial charge in [0.15, 0.2) is 0 Å². The topological polar surface area (TPSA) is 15.3 Å². The maximum absolute atomic E-state index is 3.54. The Morgan fingerprint density at radius 2 is 1.82 bits per heavy atom. The van der Waals surface area contributed by atoms with E-state index < -0.39 is 0 Å². The van der Waals surface area contributed by atoms with E-state index in [2.05, 4.69) is 17.1 Å². The summed E-state index contributed by atoms with van der Waals surface area (Å²) in [5, 5.41) is 3.54. The third-order valence-corrected chi connectivity index (χ3v) is 4.39. The summed E-state index contributed by atoms with van der Waals surface area (Å²) in [5.74, 6) is 0.913. The number of piperidine rings is 1. The molecule has 2 nitrogen and oxygen atoms in total. The van der Waals surface area contributed by atoms with Crippen LogP contribution in [0.3, 0.4) is 0 Å². The van der Waals surface area contributed by atoms with Gasteiger partial charge < -0.3 is 10.2 Å². The fourth-order valence-electron chi connectivity index (χ4n) is 3.39. The van der Waals surface area contributed by atoms with Gasteiger partial charge in [0.2, 0.25) is 0 Å². The number of nitrogens with one attached hydrogen (secondary N) is 1. The minimum absolute atomic E-state index is 0. The average Bonchev–Trinajstić information content (AvgIpc) is 2.38. The molecule has 0 amide bonds. The molecule has 1 heterocycles. The van der Waals surface area contributed by atoms with E-state index in [0.29, 0.717) is 0 Å². The van der Waals surface area contributed by atoms with E-state index in [1.165, 1.54) is 71.1 Å². The Morgan fingerprint density at radius 1 is 1.06 bits per heavy atom. The monoisotopic (exact) mass is 260 g/mol. The van der Waals surface area contributed by atoms with Gasteiger partial charge in [-0.15, -0.1) is 12.4 Å². The van der Waals surface area contributed by atoms with Crippen LogP contribution in [0, 0.1) is 5.92 Å². The first-order valence-electron chi connectivity index (χ1n) is 7.35.